The zero-order chi connectivity index (χ0) is 48.7. The third-order valence-corrected chi connectivity index (χ3v) is 21.8. The average Bonchev–Trinajstić information content (AvgIpc) is 3.77. The number of hydrogen-bond acceptors (Lipinski definition) is 6. The monoisotopic (exact) mass is 1090 g/mol. The normalized spacial score (nSPS) is 36.4. The van der Waals surface area contributed by atoms with Crippen LogP contribution in [0.15, 0.2) is 45.3 Å². The van der Waals surface area contributed by atoms with E-state index in [1.807, 2.05) is 13.8 Å². The lowest BCUT2D eigenvalue weighted by atomic mass is 9.50. The molecule has 14 rings (SSSR count). The summed E-state index contributed by atoms with van der Waals surface area (Å²) in [6, 6.07) is 12.7. The molecule has 380 valence electrons. The first-order valence-electron chi connectivity index (χ1n) is 27.4. The van der Waals surface area contributed by atoms with Crippen molar-refractivity contribution in [3.05, 3.63) is 67.6 Å². The summed E-state index contributed by atoms with van der Waals surface area (Å²) >= 11 is 7.61. The van der Waals surface area contributed by atoms with Crippen molar-refractivity contribution in [3.63, 3.8) is 0 Å². The number of hydrogen-bond donors (Lipinski definition) is 0. The van der Waals surface area contributed by atoms with Gasteiger partial charge in [-0.25, -0.2) is 8.78 Å². The minimum atomic E-state index is -0.934. The number of benzene rings is 2. The van der Waals surface area contributed by atoms with Crippen LogP contribution >= 0.6 is 31.9 Å². The Labute approximate surface area is 431 Å². The second-order valence-corrected chi connectivity index (χ2v) is 26.2. The van der Waals surface area contributed by atoms with Crippen molar-refractivity contribution in [1.82, 2.24) is 9.80 Å². The van der Waals surface area contributed by atoms with Crippen LogP contribution in [0.4, 0.5) is 8.78 Å². The predicted octanol–water partition coefficient (Wildman–Crippen LogP) is 12.6. The molecule has 2 aromatic carbocycles. The summed E-state index contributed by atoms with van der Waals surface area (Å²) in [7, 11) is 0. The molecular weight excluding hydrogens is 1020 g/mol. The van der Waals surface area contributed by atoms with Gasteiger partial charge in [-0.2, -0.15) is 0 Å². The molecule has 2 amide bonds. The van der Waals surface area contributed by atoms with Crippen LogP contribution in [-0.2, 0) is 39.5 Å². The topological polar surface area (TPSA) is 93.2 Å². The van der Waals surface area contributed by atoms with Crippen molar-refractivity contribution >= 4 is 55.6 Å². The molecule has 10 aliphatic carbocycles. The van der Waals surface area contributed by atoms with Gasteiger partial charge in [0.2, 0.25) is 11.8 Å². The van der Waals surface area contributed by atoms with E-state index in [1.54, 1.807) is 0 Å². The van der Waals surface area contributed by atoms with Crippen molar-refractivity contribution in [3.8, 4) is 0 Å². The van der Waals surface area contributed by atoms with Gasteiger partial charge in [0.15, 0.2) is 0 Å². The number of ether oxygens (including phenoxy) is 2. The lowest BCUT2D eigenvalue weighted by Crippen LogP contribution is -2.54. The van der Waals surface area contributed by atoms with Crippen LogP contribution in [0.2, 0.25) is 0 Å². The van der Waals surface area contributed by atoms with Gasteiger partial charge >= 0.3 is 11.9 Å². The summed E-state index contributed by atoms with van der Waals surface area (Å²) in [5, 5.41) is 0. The molecule has 0 radical (unpaired) electrons. The lowest BCUT2D eigenvalue weighted by Gasteiger charge is -2.57. The highest BCUT2D eigenvalue weighted by Crippen LogP contribution is 2.63. The van der Waals surface area contributed by atoms with Crippen molar-refractivity contribution in [2.24, 2.45) is 47.3 Å². The van der Waals surface area contributed by atoms with Gasteiger partial charge in [0.25, 0.3) is 0 Å². The van der Waals surface area contributed by atoms with Crippen LogP contribution in [0.1, 0.15) is 176 Å². The van der Waals surface area contributed by atoms with Gasteiger partial charge in [0, 0.05) is 58.8 Å². The second kappa shape index (κ2) is 19.1. The van der Waals surface area contributed by atoms with Gasteiger partial charge in [-0.05, 0) is 210 Å². The molecule has 2 saturated heterocycles. The smallest absolute Gasteiger partial charge is 0.306 e. The number of carbonyl (C=O) groups is 4. The molecule has 8 nitrogen and oxygen atoms in total. The van der Waals surface area contributed by atoms with Gasteiger partial charge < -0.3 is 19.3 Å². The first kappa shape index (κ1) is 49.4. The number of piperidine rings is 2. The average molecular weight is 1090 g/mol. The number of fused-ring (bicyclic) bond motifs is 4. The fraction of sp³-hybridized carbons (Fsp3) is 0.724. The van der Waals surface area contributed by atoms with Crippen LogP contribution in [0.3, 0.4) is 0 Å². The van der Waals surface area contributed by atoms with Crippen LogP contribution in [0.5, 0.6) is 0 Å². The molecule has 2 spiro atoms. The molecule has 6 unspecified atom stereocenters. The van der Waals surface area contributed by atoms with E-state index in [2.05, 4.69) is 78.1 Å². The Kier molecular flexibility index (Phi) is 13.5. The number of halogens is 4. The van der Waals surface area contributed by atoms with E-state index in [1.165, 1.54) is 22.3 Å². The molecular formula is C58H74Br2F2N2O6. The van der Waals surface area contributed by atoms with Gasteiger partial charge in [0.05, 0.1) is 26.1 Å². The fourth-order valence-electron chi connectivity index (χ4n) is 18.1. The van der Waals surface area contributed by atoms with Gasteiger partial charge in [-0.3, -0.25) is 19.2 Å². The Hall–Kier alpha value is -2.86. The number of nitrogens with zero attached hydrogens (tertiary/aromatic N) is 2. The maximum atomic E-state index is 15.1. The Bertz CT molecular complexity index is 2170. The standard InChI is InChI=1S/2C29H37BrFNO3/c2*1-2-35-26(34)12-21-15-28(27-22(21)4-3-5-24(27)30)6-8-32(9-7-28)25(33)13-23-19-10-18-11-20(23)17-29(31,14-18)16-19/h2*3-5,18-21,23H,2,6-17H2,1H3. The van der Waals surface area contributed by atoms with Crippen LogP contribution in [0, 0.1) is 47.3 Å². The molecule has 6 atom stereocenters. The zero-order valence-electron chi connectivity index (χ0n) is 41.5. The van der Waals surface area contributed by atoms with E-state index in [4.69, 9.17) is 9.47 Å². The minimum absolute atomic E-state index is 0.00655. The lowest BCUT2D eigenvalue weighted by molar-refractivity contribution is -0.145. The number of rotatable bonds is 10. The molecule has 2 heterocycles. The van der Waals surface area contributed by atoms with E-state index in [0.29, 0.717) is 112 Å². The fourth-order valence-corrected chi connectivity index (χ4v) is 19.7. The molecule has 2 aromatic rings. The molecule has 10 fully saturated rings. The van der Waals surface area contributed by atoms with Crippen molar-refractivity contribution in [2.75, 3.05) is 39.4 Å². The van der Waals surface area contributed by atoms with Crippen LogP contribution in [0.25, 0.3) is 0 Å². The highest BCUT2D eigenvalue weighted by atomic mass is 79.9. The number of carbonyl (C=O) groups excluding carboxylic acids is 4. The number of likely N-dealkylation sites (tertiary alicyclic amines) is 2. The highest BCUT2D eigenvalue weighted by molar-refractivity contribution is 9.10. The molecule has 12 heteroatoms. The molecule has 0 aromatic heterocycles. The summed E-state index contributed by atoms with van der Waals surface area (Å²) in [6.07, 6.45) is 16.5. The van der Waals surface area contributed by atoms with Crippen molar-refractivity contribution in [1.29, 1.82) is 0 Å². The molecule has 8 saturated carbocycles. The summed E-state index contributed by atoms with van der Waals surface area (Å²) in [4.78, 5) is 55.6. The van der Waals surface area contributed by atoms with Crippen molar-refractivity contribution < 1.29 is 37.4 Å². The van der Waals surface area contributed by atoms with Gasteiger partial charge in [-0.15, -0.1) is 0 Å². The maximum absolute atomic E-state index is 15.1. The molecule has 8 bridgehead atoms. The predicted molar refractivity (Wildman–Crippen MR) is 271 cm³/mol. The summed E-state index contributed by atoms with van der Waals surface area (Å²) in [5.41, 5.74) is 3.36. The van der Waals surface area contributed by atoms with E-state index >= 15 is 8.78 Å². The Balaban J connectivity index is 0.000000152. The molecule has 0 N–H and O–H groups in total. The first-order chi connectivity index (χ1) is 33.6. The summed E-state index contributed by atoms with van der Waals surface area (Å²) in [5.74, 6) is 4.16. The minimum Gasteiger partial charge on any atom is -0.466 e. The van der Waals surface area contributed by atoms with Crippen LogP contribution < -0.4 is 0 Å². The summed E-state index contributed by atoms with van der Waals surface area (Å²) < 4.78 is 43.0. The van der Waals surface area contributed by atoms with E-state index < -0.39 is 11.3 Å². The Morgan fingerprint density at radius 2 is 0.900 bits per heavy atom. The van der Waals surface area contributed by atoms with Gasteiger partial charge in [0.1, 0.15) is 11.3 Å². The molecule has 12 aliphatic rings. The third kappa shape index (κ3) is 9.15. The maximum Gasteiger partial charge on any atom is 0.306 e. The van der Waals surface area contributed by atoms with Crippen LogP contribution in [-0.4, -0.2) is 84.3 Å². The quantitative estimate of drug-likeness (QED) is 0.220. The molecule has 2 aliphatic heterocycles. The zero-order valence-corrected chi connectivity index (χ0v) is 44.7. The Morgan fingerprint density at radius 3 is 1.23 bits per heavy atom. The largest absolute Gasteiger partial charge is 0.466 e. The number of alkyl halides is 2. The second-order valence-electron chi connectivity index (χ2n) is 24.5. The number of esters is 2. The number of amides is 2. The Morgan fingerprint density at radius 1 is 0.543 bits per heavy atom. The third-order valence-electron chi connectivity index (χ3n) is 20.5. The van der Waals surface area contributed by atoms with E-state index in [0.717, 1.165) is 112 Å². The van der Waals surface area contributed by atoms with Crippen molar-refractivity contribution in [2.45, 2.75) is 176 Å². The first-order valence-corrected chi connectivity index (χ1v) is 29.0. The van der Waals surface area contributed by atoms with E-state index in [9.17, 15) is 19.2 Å². The molecule has 70 heavy (non-hydrogen) atoms. The SMILES string of the molecule is CCOC(=O)CC1CC2(CCN(C(=O)CC3C4CC5CC3CC(F)(C5)C4)CC2)c2c(Br)cccc21.CCOC(=O)CC1CC2(CCN(C(=O)CC3C4CC5CC3CC(F)(C5)C4)CC2)c2c(Br)cccc21. The van der Waals surface area contributed by atoms with E-state index in [-0.39, 0.29) is 46.4 Å². The van der Waals surface area contributed by atoms with Gasteiger partial charge in [-0.1, -0.05) is 56.1 Å². The summed E-state index contributed by atoms with van der Waals surface area (Å²) in [6.45, 7) is 7.59. The highest BCUT2D eigenvalue weighted by Gasteiger charge is 2.58.